The van der Waals surface area contributed by atoms with E-state index >= 15 is 0 Å². The van der Waals surface area contributed by atoms with Crippen LogP contribution in [0.1, 0.15) is 24.7 Å². The number of hydrogen-bond acceptors (Lipinski definition) is 4. The van der Waals surface area contributed by atoms with Crippen LogP contribution in [-0.2, 0) is 0 Å². The van der Waals surface area contributed by atoms with E-state index < -0.39 is 0 Å². The monoisotopic (exact) mass is 279 g/mol. The van der Waals surface area contributed by atoms with Gasteiger partial charge in [-0.3, -0.25) is 0 Å². The Hall–Kier alpha value is -1.36. The third-order valence-electron chi connectivity index (χ3n) is 2.53. The largest absolute Gasteiger partial charge is 0.420 e. The van der Waals surface area contributed by atoms with Crippen molar-refractivity contribution in [3.63, 3.8) is 0 Å². The van der Waals surface area contributed by atoms with Crippen LogP contribution in [0.4, 0.5) is 5.69 Å². The summed E-state index contributed by atoms with van der Waals surface area (Å²) in [5.41, 5.74) is 7.29. The molecule has 3 rings (SSSR count). The Kier molecular flexibility index (Phi) is 2.21. The highest BCUT2D eigenvalue weighted by Crippen LogP contribution is 2.40. The van der Waals surface area contributed by atoms with E-state index in [0.29, 0.717) is 17.5 Å². The van der Waals surface area contributed by atoms with E-state index in [9.17, 15) is 0 Å². The second-order valence-electron chi connectivity index (χ2n) is 3.99. The first kappa shape index (κ1) is 9.84. The molecule has 0 aliphatic heterocycles. The maximum Gasteiger partial charge on any atom is 0.247 e. The van der Waals surface area contributed by atoms with Crippen LogP contribution in [0.25, 0.3) is 11.5 Å². The maximum absolute atomic E-state index is 5.76. The van der Waals surface area contributed by atoms with Crippen molar-refractivity contribution in [2.45, 2.75) is 18.8 Å². The molecule has 16 heavy (non-hydrogen) atoms. The number of hydrogen-bond donors (Lipinski definition) is 1. The minimum absolute atomic E-state index is 0.478. The molecule has 2 aromatic rings. The smallest absolute Gasteiger partial charge is 0.247 e. The molecular formula is C11H10BrN3O. The van der Waals surface area contributed by atoms with Gasteiger partial charge in [0.2, 0.25) is 11.8 Å². The molecule has 1 heterocycles. The summed E-state index contributed by atoms with van der Waals surface area (Å²) >= 11 is 3.39. The second-order valence-corrected chi connectivity index (χ2v) is 4.91. The lowest BCUT2D eigenvalue weighted by Crippen LogP contribution is -1.86. The number of aromatic nitrogens is 2. The summed E-state index contributed by atoms with van der Waals surface area (Å²) in [5, 5.41) is 8.08. The third-order valence-corrected chi connectivity index (χ3v) is 2.99. The van der Waals surface area contributed by atoms with Crippen LogP contribution < -0.4 is 5.73 Å². The lowest BCUT2D eigenvalue weighted by atomic mass is 10.2. The first-order valence-corrected chi connectivity index (χ1v) is 5.91. The lowest BCUT2D eigenvalue weighted by Gasteiger charge is -1.98. The zero-order valence-electron chi connectivity index (χ0n) is 8.48. The molecule has 0 atom stereocenters. The van der Waals surface area contributed by atoms with Gasteiger partial charge in [0.15, 0.2) is 0 Å². The minimum Gasteiger partial charge on any atom is -0.420 e. The van der Waals surface area contributed by atoms with Crippen LogP contribution in [0.3, 0.4) is 0 Å². The van der Waals surface area contributed by atoms with Crippen LogP contribution in [0.15, 0.2) is 27.1 Å². The molecule has 0 bridgehead atoms. The Bertz CT molecular complexity index is 514. The molecule has 4 nitrogen and oxygen atoms in total. The quantitative estimate of drug-likeness (QED) is 0.859. The Morgan fingerprint density at radius 1 is 1.25 bits per heavy atom. The molecule has 0 spiro atoms. The average molecular weight is 280 g/mol. The lowest BCUT2D eigenvalue weighted by molar-refractivity contribution is 0.508. The summed E-state index contributed by atoms with van der Waals surface area (Å²) in [6.07, 6.45) is 2.31. The van der Waals surface area contributed by atoms with Crippen LogP contribution in [0, 0.1) is 0 Å². The molecule has 0 radical (unpaired) electrons. The molecule has 1 aromatic heterocycles. The van der Waals surface area contributed by atoms with Crippen LogP contribution in [-0.4, -0.2) is 10.2 Å². The predicted molar refractivity (Wildman–Crippen MR) is 63.8 cm³/mol. The summed E-state index contributed by atoms with van der Waals surface area (Å²) in [4.78, 5) is 0. The van der Waals surface area contributed by atoms with Crippen LogP contribution in [0.5, 0.6) is 0 Å². The molecule has 1 saturated carbocycles. The van der Waals surface area contributed by atoms with Crippen LogP contribution >= 0.6 is 15.9 Å². The van der Waals surface area contributed by atoms with E-state index in [1.165, 1.54) is 0 Å². The fourth-order valence-electron chi connectivity index (χ4n) is 1.58. The van der Waals surface area contributed by atoms with Gasteiger partial charge in [-0.1, -0.05) is 15.9 Å². The highest BCUT2D eigenvalue weighted by atomic mass is 79.9. The SMILES string of the molecule is Nc1cc(Br)cc(-c2nnc(C3CC3)o2)c1. The molecule has 1 aliphatic carbocycles. The van der Waals surface area contributed by atoms with Gasteiger partial charge in [0, 0.05) is 21.6 Å². The van der Waals surface area contributed by atoms with Gasteiger partial charge in [0.05, 0.1) is 0 Å². The average Bonchev–Trinajstić information content (AvgIpc) is 2.95. The predicted octanol–water partition coefficient (Wildman–Crippen LogP) is 2.96. The number of nitrogens with zero attached hydrogens (tertiary/aromatic N) is 2. The number of rotatable bonds is 2. The van der Waals surface area contributed by atoms with Crippen molar-refractivity contribution < 1.29 is 4.42 Å². The van der Waals surface area contributed by atoms with Crippen LogP contribution in [0.2, 0.25) is 0 Å². The summed E-state index contributed by atoms with van der Waals surface area (Å²) < 4.78 is 6.52. The van der Waals surface area contributed by atoms with Gasteiger partial charge in [0.25, 0.3) is 0 Å². The minimum atomic E-state index is 0.478. The normalized spacial score (nSPS) is 15.3. The summed E-state index contributed by atoms with van der Waals surface area (Å²) in [7, 11) is 0. The molecule has 1 aromatic carbocycles. The van der Waals surface area contributed by atoms with Gasteiger partial charge in [-0.25, -0.2) is 0 Å². The van der Waals surface area contributed by atoms with Crippen molar-refractivity contribution in [3.05, 3.63) is 28.6 Å². The Labute approximate surface area is 101 Å². The number of nitrogen functional groups attached to an aromatic ring is 1. The molecular weight excluding hydrogens is 270 g/mol. The van der Waals surface area contributed by atoms with E-state index in [4.69, 9.17) is 10.2 Å². The highest BCUT2D eigenvalue weighted by molar-refractivity contribution is 9.10. The van der Waals surface area contributed by atoms with Crippen molar-refractivity contribution in [2.75, 3.05) is 5.73 Å². The summed E-state index contributed by atoms with van der Waals surface area (Å²) in [6.45, 7) is 0. The molecule has 0 saturated heterocycles. The molecule has 82 valence electrons. The molecule has 0 unspecified atom stereocenters. The van der Waals surface area contributed by atoms with Gasteiger partial charge >= 0.3 is 0 Å². The van der Waals surface area contributed by atoms with Gasteiger partial charge in [-0.2, -0.15) is 0 Å². The number of halogens is 1. The van der Waals surface area contributed by atoms with Gasteiger partial charge in [-0.05, 0) is 31.0 Å². The van der Waals surface area contributed by atoms with E-state index in [-0.39, 0.29) is 0 Å². The Morgan fingerprint density at radius 3 is 2.75 bits per heavy atom. The first-order chi connectivity index (χ1) is 7.72. The van der Waals surface area contributed by atoms with Crippen molar-refractivity contribution in [1.29, 1.82) is 0 Å². The van der Waals surface area contributed by atoms with E-state index in [2.05, 4.69) is 26.1 Å². The Morgan fingerprint density at radius 2 is 2.06 bits per heavy atom. The maximum atomic E-state index is 5.76. The fourth-order valence-corrected chi connectivity index (χ4v) is 2.09. The van der Waals surface area contributed by atoms with Gasteiger partial charge < -0.3 is 10.2 Å². The van der Waals surface area contributed by atoms with Crippen molar-refractivity contribution >= 4 is 21.6 Å². The topological polar surface area (TPSA) is 64.9 Å². The van der Waals surface area contributed by atoms with Crippen molar-refractivity contribution in [1.82, 2.24) is 10.2 Å². The molecule has 1 fully saturated rings. The summed E-state index contributed by atoms with van der Waals surface area (Å²) in [6, 6.07) is 5.58. The Balaban J connectivity index is 2.00. The fraction of sp³-hybridized carbons (Fsp3) is 0.273. The highest BCUT2D eigenvalue weighted by Gasteiger charge is 2.29. The standard InChI is InChI=1S/C11H10BrN3O/c12-8-3-7(4-9(13)5-8)11-15-14-10(16-11)6-1-2-6/h3-6H,1-2,13H2. The molecule has 2 N–H and O–H groups in total. The van der Waals surface area contributed by atoms with Crippen molar-refractivity contribution in [2.24, 2.45) is 0 Å². The van der Waals surface area contributed by atoms with E-state index in [0.717, 1.165) is 28.8 Å². The molecule has 5 heteroatoms. The molecule has 1 aliphatic rings. The van der Waals surface area contributed by atoms with Crippen molar-refractivity contribution in [3.8, 4) is 11.5 Å². The first-order valence-electron chi connectivity index (χ1n) is 5.12. The molecule has 0 amide bonds. The third kappa shape index (κ3) is 1.82. The number of benzene rings is 1. The van der Waals surface area contributed by atoms with E-state index in [1.807, 2.05) is 18.2 Å². The zero-order chi connectivity index (χ0) is 11.1. The zero-order valence-corrected chi connectivity index (χ0v) is 10.1. The van der Waals surface area contributed by atoms with E-state index in [1.54, 1.807) is 0 Å². The summed E-state index contributed by atoms with van der Waals surface area (Å²) in [5.74, 6) is 1.76. The second kappa shape index (κ2) is 3.59. The number of anilines is 1. The number of nitrogens with two attached hydrogens (primary N) is 1. The van der Waals surface area contributed by atoms with Gasteiger partial charge in [0.1, 0.15) is 0 Å². The van der Waals surface area contributed by atoms with Gasteiger partial charge in [-0.15, -0.1) is 10.2 Å².